The average molecular weight is 321 g/mol. The Kier molecular flexibility index (Phi) is 3.65. The fourth-order valence-electron chi connectivity index (χ4n) is 3.21. The quantitative estimate of drug-likeness (QED) is 0.743. The molecule has 0 N–H and O–H groups in total. The molecule has 1 amide bonds. The molecule has 1 aliphatic rings. The first kappa shape index (κ1) is 14.7. The van der Waals surface area contributed by atoms with E-state index in [1.807, 2.05) is 42.4 Å². The van der Waals surface area contributed by atoms with Gasteiger partial charge in [0.25, 0.3) is 0 Å². The van der Waals surface area contributed by atoms with Crippen molar-refractivity contribution in [3.05, 3.63) is 72.1 Å². The van der Waals surface area contributed by atoms with E-state index in [9.17, 15) is 4.79 Å². The summed E-state index contributed by atoms with van der Waals surface area (Å²) >= 11 is 0. The number of nitrogens with zero attached hydrogens (tertiary/aromatic N) is 5. The molecular weight excluding hydrogens is 302 g/mol. The average Bonchev–Trinajstić information content (AvgIpc) is 3.22. The molecule has 1 atom stereocenters. The fourth-order valence-corrected chi connectivity index (χ4v) is 3.21. The zero-order valence-corrected chi connectivity index (χ0v) is 13.5. The Morgan fingerprint density at radius 1 is 1.29 bits per heavy atom. The minimum absolute atomic E-state index is 0.0112. The van der Waals surface area contributed by atoms with Gasteiger partial charge in [0.1, 0.15) is 12.4 Å². The van der Waals surface area contributed by atoms with Crippen LogP contribution in [-0.4, -0.2) is 30.1 Å². The number of imidazole rings is 1. The van der Waals surface area contributed by atoms with Crippen LogP contribution in [0.15, 0.2) is 55.1 Å². The second-order valence-corrected chi connectivity index (χ2v) is 6.16. The van der Waals surface area contributed by atoms with Gasteiger partial charge >= 0.3 is 0 Å². The highest BCUT2D eigenvalue weighted by Gasteiger charge is 2.31. The molecule has 0 radical (unpaired) electrons. The van der Waals surface area contributed by atoms with Crippen molar-refractivity contribution in [2.75, 3.05) is 0 Å². The number of fused-ring (bicyclic) bond motifs is 1. The van der Waals surface area contributed by atoms with Crippen LogP contribution in [0.5, 0.6) is 0 Å². The largest absolute Gasteiger partial charge is 0.331 e. The van der Waals surface area contributed by atoms with Crippen molar-refractivity contribution in [2.45, 2.75) is 32.6 Å². The number of amides is 1. The standard InChI is InChI=1S/C18H19N5O/c1-14-9-20-22(10-14)13-18(24)23-12-17-19-7-8-21(17)11-16(23)15-5-3-2-4-6-15/h2-10,16H,11-13H2,1H3/t16-/m0/s1. The summed E-state index contributed by atoms with van der Waals surface area (Å²) in [7, 11) is 0. The number of aromatic nitrogens is 4. The molecular formula is C18H19N5O. The van der Waals surface area contributed by atoms with Crippen LogP contribution in [0.2, 0.25) is 0 Å². The van der Waals surface area contributed by atoms with E-state index in [1.54, 1.807) is 17.1 Å². The zero-order chi connectivity index (χ0) is 16.5. The number of aryl methyl sites for hydroxylation is 1. The van der Waals surface area contributed by atoms with Crippen LogP contribution in [0.3, 0.4) is 0 Å². The van der Waals surface area contributed by atoms with Crippen LogP contribution in [0, 0.1) is 6.92 Å². The van der Waals surface area contributed by atoms with E-state index in [1.165, 1.54) is 0 Å². The summed E-state index contributed by atoms with van der Waals surface area (Å²) < 4.78 is 3.82. The highest BCUT2D eigenvalue weighted by atomic mass is 16.2. The van der Waals surface area contributed by atoms with Gasteiger partial charge in [-0.15, -0.1) is 0 Å². The maximum absolute atomic E-state index is 12.9. The maximum atomic E-state index is 12.9. The van der Waals surface area contributed by atoms with Crippen LogP contribution < -0.4 is 0 Å². The van der Waals surface area contributed by atoms with Crippen molar-refractivity contribution in [3.8, 4) is 0 Å². The SMILES string of the molecule is Cc1cnn(CC(=O)N2Cc3nccn3C[C@H]2c2ccccc2)c1. The topological polar surface area (TPSA) is 56.0 Å². The third-order valence-electron chi connectivity index (χ3n) is 4.42. The monoisotopic (exact) mass is 321 g/mol. The number of benzene rings is 1. The normalized spacial score (nSPS) is 16.9. The Morgan fingerprint density at radius 2 is 2.12 bits per heavy atom. The molecule has 3 aromatic rings. The lowest BCUT2D eigenvalue weighted by molar-refractivity contribution is -0.136. The lowest BCUT2D eigenvalue weighted by Crippen LogP contribution is -2.42. The van der Waals surface area contributed by atoms with Crippen LogP contribution in [-0.2, 0) is 24.4 Å². The summed E-state index contributed by atoms with van der Waals surface area (Å²) in [6.07, 6.45) is 7.43. The number of carbonyl (C=O) groups is 1. The molecule has 0 saturated heterocycles. The molecule has 1 aliphatic heterocycles. The van der Waals surface area contributed by atoms with Crippen LogP contribution in [0.4, 0.5) is 0 Å². The molecule has 24 heavy (non-hydrogen) atoms. The molecule has 0 bridgehead atoms. The minimum atomic E-state index is 0.0112. The van der Waals surface area contributed by atoms with E-state index in [0.29, 0.717) is 6.54 Å². The number of hydrogen-bond donors (Lipinski definition) is 0. The van der Waals surface area contributed by atoms with Gasteiger partial charge in [-0.25, -0.2) is 4.98 Å². The molecule has 0 saturated carbocycles. The predicted molar refractivity (Wildman–Crippen MR) is 88.9 cm³/mol. The lowest BCUT2D eigenvalue weighted by Gasteiger charge is -2.36. The molecule has 2 aromatic heterocycles. The zero-order valence-electron chi connectivity index (χ0n) is 13.5. The smallest absolute Gasteiger partial charge is 0.245 e. The highest BCUT2D eigenvalue weighted by molar-refractivity contribution is 5.76. The summed E-state index contributed by atoms with van der Waals surface area (Å²) in [5.41, 5.74) is 2.19. The second-order valence-electron chi connectivity index (χ2n) is 6.16. The molecule has 6 heteroatoms. The predicted octanol–water partition coefficient (Wildman–Crippen LogP) is 2.17. The van der Waals surface area contributed by atoms with Gasteiger partial charge in [0.15, 0.2) is 0 Å². The van der Waals surface area contributed by atoms with Gasteiger partial charge in [-0.05, 0) is 18.1 Å². The summed E-state index contributed by atoms with van der Waals surface area (Å²) in [5.74, 6) is 0.980. The van der Waals surface area contributed by atoms with Gasteiger partial charge in [-0.2, -0.15) is 5.10 Å². The third kappa shape index (κ3) is 2.71. The maximum Gasteiger partial charge on any atom is 0.245 e. The Balaban J connectivity index is 1.64. The van der Waals surface area contributed by atoms with Gasteiger partial charge in [-0.3, -0.25) is 9.48 Å². The molecule has 0 aliphatic carbocycles. The molecule has 0 spiro atoms. The van der Waals surface area contributed by atoms with E-state index < -0.39 is 0 Å². The van der Waals surface area contributed by atoms with Crippen molar-refractivity contribution >= 4 is 5.91 Å². The Hall–Kier alpha value is -2.89. The summed E-state index contributed by atoms with van der Waals surface area (Å²) in [6.45, 7) is 3.46. The third-order valence-corrected chi connectivity index (χ3v) is 4.42. The summed E-state index contributed by atoms with van der Waals surface area (Å²) in [5, 5.41) is 4.23. The number of rotatable bonds is 3. The van der Waals surface area contributed by atoms with E-state index in [0.717, 1.165) is 23.5 Å². The van der Waals surface area contributed by atoms with Gasteiger partial charge in [0.2, 0.25) is 5.91 Å². The first-order chi connectivity index (χ1) is 11.7. The molecule has 122 valence electrons. The van der Waals surface area contributed by atoms with Gasteiger partial charge in [0.05, 0.1) is 18.8 Å². The molecule has 6 nitrogen and oxygen atoms in total. The van der Waals surface area contributed by atoms with Crippen LogP contribution >= 0.6 is 0 Å². The molecule has 4 rings (SSSR count). The van der Waals surface area contributed by atoms with Crippen LogP contribution in [0.25, 0.3) is 0 Å². The Labute approximate surface area is 140 Å². The van der Waals surface area contributed by atoms with Crippen molar-refractivity contribution in [1.82, 2.24) is 24.2 Å². The number of carbonyl (C=O) groups excluding carboxylic acids is 1. The van der Waals surface area contributed by atoms with Crippen molar-refractivity contribution < 1.29 is 4.79 Å². The first-order valence-electron chi connectivity index (χ1n) is 8.04. The highest BCUT2D eigenvalue weighted by Crippen LogP contribution is 2.29. The number of hydrogen-bond acceptors (Lipinski definition) is 3. The Bertz CT molecular complexity index is 851. The van der Waals surface area contributed by atoms with Gasteiger partial charge in [0, 0.05) is 25.1 Å². The van der Waals surface area contributed by atoms with E-state index >= 15 is 0 Å². The second kappa shape index (κ2) is 5.96. The van der Waals surface area contributed by atoms with E-state index in [2.05, 4.69) is 26.8 Å². The first-order valence-corrected chi connectivity index (χ1v) is 8.04. The lowest BCUT2D eigenvalue weighted by atomic mass is 10.0. The molecule has 1 aromatic carbocycles. The summed E-state index contributed by atoms with van der Waals surface area (Å²) in [4.78, 5) is 19.2. The minimum Gasteiger partial charge on any atom is -0.331 e. The van der Waals surface area contributed by atoms with E-state index in [-0.39, 0.29) is 18.5 Å². The van der Waals surface area contributed by atoms with Crippen LogP contribution in [0.1, 0.15) is 23.0 Å². The summed E-state index contributed by atoms with van der Waals surface area (Å²) in [6, 6.07) is 10.2. The Morgan fingerprint density at radius 3 is 2.88 bits per heavy atom. The molecule has 0 fully saturated rings. The van der Waals surface area contributed by atoms with Crippen molar-refractivity contribution in [2.24, 2.45) is 0 Å². The molecule has 0 unspecified atom stereocenters. The van der Waals surface area contributed by atoms with Crippen molar-refractivity contribution in [1.29, 1.82) is 0 Å². The molecule has 3 heterocycles. The van der Waals surface area contributed by atoms with Gasteiger partial charge in [-0.1, -0.05) is 30.3 Å². The van der Waals surface area contributed by atoms with Crippen molar-refractivity contribution in [3.63, 3.8) is 0 Å². The van der Waals surface area contributed by atoms with E-state index in [4.69, 9.17) is 0 Å². The fraction of sp³-hybridized carbons (Fsp3) is 0.278. The van der Waals surface area contributed by atoms with Gasteiger partial charge < -0.3 is 9.47 Å².